The van der Waals surface area contributed by atoms with Gasteiger partial charge in [0.1, 0.15) is 0 Å². The van der Waals surface area contributed by atoms with Crippen LogP contribution in [0.1, 0.15) is 77.6 Å². The van der Waals surface area contributed by atoms with Gasteiger partial charge in [-0.25, -0.2) is 0 Å². The maximum Gasteiger partial charge on any atom is 0.0725 e. The van der Waals surface area contributed by atoms with Crippen molar-refractivity contribution in [3.8, 4) is 11.1 Å². The van der Waals surface area contributed by atoms with Crippen LogP contribution in [0.2, 0.25) is 0 Å². The third-order valence-electron chi connectivity index (χ3n) is 11.4. The Hall–Kier alpha value is -3.46. The largest absolute Gasteiger partial charge is 0.305 e. The number of aromatic nitrogens is 3. The second-order valence-corrected chi connectivity index (χ2v) is 13.6. The molecule has 0 radical (unpaired) electrons. The fourth-order valence-corrected chi connectivity index (χ4v) is 8.07. The lowest BCUT2D eigenvalue weighted by molar-refractivity contribution is 0.279. The third kappa shape index (κ3) is 2.02. The molecule has 0 saturated carbocycles. The molecule has 0 atom stereocenters. The molecule has 3 heteroatoms. The van der Waals surface area contributed by atoms with Crippen LogP contribution in [0.5, 0.6) is 0 Å². The molecular weight excluding hydrogens is 450 g/mol. The van der Waals surface area contributed by atoms with Gasteiger partial charge in [0, 0.05) is 44.8 Å². The van der Waals surface area contributed by atoms with Gasteiger partial charge in [-0.05, 0) is 56.3 Å². The van der Waals surface area contributed by atoms with Crippen molar-refractivity contribution < 1.29 is 0 Å². The normalized spacial score (nSPS) is 20.2. The number of hydrogen-bond acceptors (Lipinski definition) is 2. The van der Waals surface area contributed by atoms with Crippen LogP contribution in [0.15, 0.2) is 55.1 Å². The van der Waals surface area contributed by atoms with Gasteiger partial charge in [-0.2, -0.15) is 0 Å². The predicted octanol–water partition coefficient (Wildman–Crippen LogP) is 8.43. The summed E-state index contributed by atoms with van der Waals surface area (Å²) in [6.07, 6.45) is 8.00. The minimum Gasteiger partial charge on any atom is -0.305 e. The molecule has 0 N–H and O–H groups in total. The Kier molecular flexibility index (Phi) is 3.50. The van der Waals surface area contributed by atoms with Gasteiger partial charge < -0.3 is 4.40 Å². The Labute approximate surface area is 217 Å². The molecule has 2 aromatic carbocycles. The Morgan fingerprint density at radius 1 is 0.568 bits per heavy atom. The van der Waals surface area contributed by atoms with E-state index in [0.29, 0.717) is 0 Å². The minimum absolute atomic E-state index is 0.0431. The lowest BCUT2D eigenvalue weighted by Crippen LogP contribution is -2.50. The van der Waals surface area contributed by atoms with Crippen molar-refractivity contribution >= 4 is 38.1 Å². The van der Waals surface area contributed by atoms with E-state index >= 15 is 0 Å². The average Bonchev–Trinajstić information content (AvgIpc) is 3.37. The van der Waals surface area contributed by atoms with Crippen LogP contribution in [-0.2, 0) is 21.7 Å². The van der Waals surface area contributed by atoms with Crippen molar-refractivity contribution in [1.29, 1.82) is 0 Å². The molecular formula is C34H33N3. The number of fused-ring (bicyclic) bond motifs is 8. The summed E-state index contributed by atoms with van der Waals surface area (Å²) < 4.78 is 2.45. The van der Waals surface area contributed by atoms with Crippen LogP contribution in [0.25, 0.3) is 49.2 Å². The number of hydrogen-bond donors (Lipinski definition) is 0. The second-order valence-electron chi connectivity index (χ2n) is 13.6. The van der Waals surface area contributed by atoms with E-state index in [1.807, 2.05) is 24.8 Å². The van der Waals surface area contributed by atoms with Gasteiger partial charge in [0.25, 0.3) is 0 Å². The molecule has 37 heavy (non-hydrogen) atoms. The number of nitrogens with zero attached hydrogens (tertiary/aromatic N) is 3. The van der Waals surface area contributed by atoms with Crippen molar-refractivity contribution in [2.24, 2.45) is 0 Å². The summed E-state index contributed by atoms with van der Waals surface area (Å²) >= 11 is 0. The van der Waals surface area contributed by atoms with Crippen LogP contribution in [0, 0.1) is 0 Å². The number of pyridine rings is 2. The first-order valence-corrected chi connectivity index (χ1v) is 13.5. The van der Waals surface area contributed by atoms with Gasteiger partial charge >= 0.3 is 0 Å². The van der Waals surface area contributed by atoms with E-state index in [-0.39, 0.29) is 21.7 Å². The third-order valence-corrected chi connectivity index (χ3v) is 11.4. The standard InChI is InChI=1S/C34H33N3/c1-31(2)20-10-9-11-21-26(20)27-28(33(31,5)6)24-18-12-14-35-16-22(18)37-23-17-36-15-13-19(23)25(30(24)37)29(27)34(7,8)32(21,3)4/h9-17H,1-8H3. The van der Waals surface area contributed by atoms with Crippen molar-refractivity contribution in [2.45, 2.75) is 77.0 Å². The van der Waals surface area contributed by atoms with Gasteiger partial charge in [0.05, 0.1) is 28.9 Å². The number of benzene rings is 2. The fraction of sp³-hybridized carbons (Fsp3) is 0.353. The van der Waals surface area contributed by atoms with E-state index in [9.17, 15) is 0 Å². The van der Waals surface area contributed by atoms with Crippen LogP contribution in [-0.4, -0.2) is 14.4 Å². The zero-order chi connectivity index (χ0) is 25.9. The van der Waals surface area contributed by atoms with Crippen molar-refractivity contribution in [2.75, 3.05) is 0 Å². The minimum atomic E-state index is -0.0891. The van der Waals surface area contributed by atoms with Crippen molar-refractivity contribution in [3.05, 3.63) is 77.4 Å². The van der Waals surface area contributed by atoms with Crippen LogP contribution in [0.3, 0.4) is 0 Å². The van der Waals surface area contributed by atoms with Crippen LogP contribution in [0.4, 0.5) is 0 Å². The summed E-state index contributed by atoms with van der Waals surface area (Å²) in [6.45, 7) is 19.7. The van der Waals surface area contributed by atoms with E-state index < -0.39 is 0 Å². The molecule has 0 fully saturated rings. The molecule has 4 heterocycles. The molecule has 184 valence electrons. The molecule has 0 saturated heterocycles. The first-order valence-electron chi connectivity index (χ1n) is 13.5. The maximum atomic E-state index is 4.59. The van der Waals surface area contributed by atoms with Crippen molar-refractivity contribution in [3.63, 3.8) is 0 Å². The predicted molar refractivity (Wildman–Crippen MR) is 154 cm³/mol. The summed E-state index contributed by atoms with van der Waals surface area (Å²) in [5, 5.41) is 5.39. The highest BCUT2D eigenvalue weighted by atomic mass is 14.9. The zero-order valence-corrected chi connectivity index (χ0v) is 23.0. The Bertz CT molecular complexity index is 1850. The molecule has 0 unspecified atom stereocenters. The molecule has 2 aliphatic rings. The molecule has 6 aromatic rings. The Morgan fingerprint density at radius 3 is 1.49 bits per heavy atom. The van der Waals surface area contributed by atoms with Crippen LogP contribution < -0.4 is 0 Å². The fourth-order valence-electron chi connectivity index (χ4n) is 8.07. The highest BCUT2D eigenvalue weighted by Crippen LogP contribution is 2.66. The van der Waals surface area contributed by atoms with E-state index in [4.69, 9.17) is 0 Å². The lowest BCUT2D eigenvalue weighted by Gasteiger charge is -2.56. The van der Waals surface area contributed by atoms with Gasteiger partial charge in [-0.15, -0.1) is 0 Å². The molecule has 0 amide bonds. The van der Waals surface area contributed by atoms with Crippen LogP contribution >= 0.6 is 0 Å². The molecule has 0 bridgehead atoms. The maximum absolute atomic E-state index is 4.59. The molecule has 8 rings (SSSR count). The average molecular weight is 484 g/mol. The monoisotopic (exact) mass is 483 g/mol. The van der Waals surface area contributed by atoms with Gasteiger partial charge in [0.15, 0.2) is 0 Å². The Balaban J connectivity index is 1.83. The summed E-state index contributed by atoms with van der Waals surface area (Å²) in [5.74, 6) is 0. The SMILES string of the molecule is CC1(C)c2cccc3c2-c2c(c4c5ccncc5n5c6cnccc6c(c2C(C)(C)C3(C)C)c45)C1(C)C. The van der Waals surface area contributed by atoms with Gasteiger partial charge in [0.2, 0.25) is 0 Å². The summed E-state index contributed by atoms with van der Waals surface area (Å²) in [7, 11) is 0. The second kappa shape index (κ2) is 5.99. The highest BCUT2D eigenvalue weighted by Gasteiger charge is 2.56. The molecule has 0 spiro atoms. The van der Waals surface area contributed by atoms with Gasteiger partial charge in [-0.1, -0.05) is 73.6 Å². The summed E-state index contributed by atoms with van der Waals surface area (Å²) in [5.41, 5.74) is 12.4. The molecule has 3 nitrogen and oxygen atoms in total. The summed E-state index contributed by atoms with van der Waals surface area (Å²) in [6, 6.07) is 11.6. The van der Waals surface area contributed by atoms with E-state index in [2.05, 4.69) is 100 Å². The molecule has 0 aliphatic heterocycles. The smallest absolute Gasteiger partial charge is 0.0725 e. The van der Waals surface area contributed by atoms with E-state index in [1.165, 1.54) is 71.5 Å². The summed E-state index contributed by atoms with van der Waals surface area (Å²) in [4.78, 5) is 9.18. The number of rotatable bonds is 0. The first-order chi connectivity index (χ1) is 17.4. The zero-order valence-electron chi connectivity index (χ0n) is 23.0. The Morgan fingerprint density at radius 2 is 1.03 bits per heavy atom. The van der Waals surface area contributed by atoms with Gasteiger partial charge in [-0.3, -0.25) is 9.97 Å². The van der Waals surface area contributed by atoms with Crippen molar-refractivity contribution in [1.82, 2.24) is 14.4 Å². The first kappa shape index (κ1) is 21.6. The van der Waals surface area contributed by atoms with E-state index in [1.54, 1.807) is 0 Å². The quantitative estimate of drug-likeness (QED) is 0.217. The lowest BCUT2D eigenvalue weighted by atomic mass is 9.47. The molecule has 4 aromatic heterocycles. The molecule has 2 aliphatic carbocycles. The topological polar surface area (TPSA) is 30.2 Å². The van der Waals surface area contributed by atoms with E-state index in [0.717, 1.165) is 0 Å². The highest BCUT2D eigenvalue weighted by molar-refractivity contribution is 6.28.